The number of hydrogen-bond acceptors (Lipinski definition) is 1. The SMILES string of the molecule is CO/C(=C(\C)c1c2ccccc2cc2ccccc12)c1c2ccccc2cc2ccccc12. The molecule has 0 heterocycles. The summed E-state index contributed by atoms with van der Waals surface area (Å²) in [5.74, 6) is 0.921. The molecule has 33 heavy (non-hydrogen) atoms. The highest BCUT2D eigenvalue weighted by Crippen LogP contribution is 2.41. The molecule has 0 fully saturated rings. The Bertz CT molecular complexity index is 1600. The fourth-order valence-electron chi connectivity index (χ4n) is 5.23. The van der Waals surface area contributed by atoms with Crippen LogP contribution in [0.25, 0.3) is 54.4 Å². The van der Waals surface area contributed by atoms with E-state index >= 15 is 0 Å². The topological polar surface area (TPSA) is 9.23 Å². The van der Waals surface area contributed by atoms with Crippen LogP contribution < -0.4 is 0 Å². The Morgan fingerprint density at radius 1 is 0.485 bits per heavy atom. The van der Waals surface area contributed by atoms with Gasteiger partial charge < -0.3 is 4.74 Å². The summed E-state index contributed by atoms with van der Waals surface area (Å²) in [5.41, 5.74) is 3.53. The predicted molar refractivity (Wildman–Crippen MR) is 142 cm³/mol. The maximum Gasteiger partial charge on any atom is 0.130 e. The van der Waals surface area contributed by atoms with Gasteiger partial charge in [-0.05, 0) is 67.7 Å². The molecule has 0 N–H and O–H groups in total. The van der Waals surface area contributed by atoms with Gasteiger partial charge in [0.15, 0.2) is 0 Å². The fraction of sp³-hybridized carbons (Fsp3) is 0.0625. The summed E-state index contributed by atoms with van der Waals surface area (Å²) in [7, 11) is 1.79. The summed E-state index contributed by atoms with van der Waals surface area (Å²) in [6.45, 7) is 2.20. The Labute approximate surface area is 193 Å². The molecule has 1 heteroatoms. The first-order valence-corrected chi connectivity index (χ1v) is 11.3. The van der Waals surface area contributed by atoms with E-state index in [1.54, 1.807) is 7.11 Å². The molecule has 0 unspecified atom stereocenters. The molecule has 0 spiro atoms. The number of rotatable bonds is 3. The summed E-state index contributed by atoms with van der Waals surface area (Å²) < 4.78 is 6.25. The smallest absolute Gasteiger partial charge is 0.130 e. The molecule has 0 bridgehead atoms. The van der Waals surface area contributed by atoms with Crippen molar-refractivity contribution in [3.63, 3.8) is 0 Å². The van der Waals surface area contributed by atoms with Gasteiger partial charge in [-0.3, -0.25) is 0 Å². The zero-order valence-electron chi connectivity index (χ0n) is 18.8. The average molecular weight is 425 g/mol. The van der Waals surface area contributed by atoms with Crippen LogP contribution >= 0.6 is 0 Å². The highest BCUT2D eigenvalue weighted by molar-refractivity contribution is 6.16. The van der Waals surface area contributed by atoms with E-state index in [0.29, 0.717) is 0 Å². The van der Waals surface area contributed by atoms with Gasteiger partial charge in [0.25, 0.3) is 0 Å². The van der Waals surface area contributed by atoms with Crippen molar-refractivity contribution in [3.05, 3.63) is 120 Å². The van der Waals surface area contributed by atoms with E-state index in [4.69, 9.17) is 4.74 Å². The quantitative estimate of drug-likeness (QED) is 0.157. The van der Waals surface area contributed by atoms with E-state index in [1.165, 1.54) is 48.7 Å². The second-order valence-corrected chi connectivity index (χ2v) is 8.55. The summed E-state index contributed by atoms with van der Waals surface area (Å²) in [6, 6.07) is 39.0. The molecule has 0 aromatic heterocycles. The second kappa shape index (κ2) is 7.79. The first kappa shape index (κ1) is 19.6. The van der Waals surface area contributed by atoms with Crippen molar-refractivity contribution < 1.29 is 4.74 Å². The van der Waals surface area contributed by atoms with Crippen LogP contribution in [0.3, 0.4) is 0 Å². The molecule has 158 valence electrons. The molecule has 0 aliphatic carbocycles. The lowest BCUT2D eigenvalue weighted by Crippen LogP contribution is -1.97. The molecular formula is C32H24O. The molecule has 6 rings (SSSR count). The Balaban J connectivity index is 1.80. The van der Waals surface area contributed by atoms with Crippen LogP contribution in [-0.4, -0.2) is 7.11 Å². The van der Waals surface area contributed by atoms with E-state index in [2.05, 4.69) is 116 Å². The van der Waals surface area contributed by atoms with E-state index in [9.17, 15) is 0 Å². The molecular weight excluding hydrogens is 400 g/mol. The number of methoxy groups -OCH3 is 1. The maximum atomic E-state index is 6.25. The standard InChI is InChI=1S/C32H24O/c1-21(30-26-15-7-3-11-22(26)19-23-12-4-8-16-27(23)30)32(33-2)31-28-17-9-5-13-24(28)20-25-14-6-10-18-29(25)31/h3-20H,1-2H3/b32-21+. The third-order valence-electron chi connectivity index (χ3n) is 6.69. The first-order valence-electron chi connectivity index (χ1n) is 11.3. The van der Waals surface area contributed by atoms with Gasteiger partial charge in [0.2, 0.25) is 0 Å². The second-order valence-electron chi connectivity index (χ2n) is 8.55. The minimum absolute atomic E-state index is 0.921. The minimum atomic E-state index is 0.921. The molecule has 0 aliphatic rings. The molecule has 6 aromatic rings. The Hall–Kier alpha value is -4.10. The van der Waals surface area contributed by atoms with Gasteiger partial charge in [-0.15, -0.1) is 0 Å². The third kappa shape index (κ3) is 3.08. The predicted octanol–water partition coefficient (Wildman–Crippen LogP) is 8.83. The first-order chi connectivity index (χ1) is 16.3. The third-order valence-corrected chi connectivity index (χ3v) is 6.69. The van der Waals surface area contributed by atoms with Crippen molar-refractivity contribution in [1.29, 1.82) is 0 Å². The Kier molecular flexibility index (Phi) is 4.62. The van der Waals surface area contributed by atoms with Gasteiger partial charge in [-0.2, -0.15) is 0 Å². The Morgan fingerprint density at radius 2 is 0.818 bits per heavy atom. The molecule has 0 aliphatic heterocycles. The van der Waals surface area contributed by atoms with E-state index in [-0.39, 0.29) is 0 Å². The fourth-order valence-corrected chi connectivity index (χ4v) is 5.23. The lowest BCUT2D eigenvalue weighted by atomic mass is 9.88. The summed E-state index contributed by atoms with van der Waals surface area (Å²) >= 11 is 0. The lowest BCUT2D eigenvalue weighted by molar-refractivity contribution is 0.372. The van der Waals surface area contributed by atoms with Crippen molar-refractivity contribution in [2.24, 2.45) is 0 Å². The van der Waals surface area contributed by atoms with Crippen LogP contribution in [0.2, 0.25) is 0 Å². The monoisotopic (exact) mass is 424 g/mol. The van der Waals surface area contributed by atoms with Gasteiger partial charge in [-0.25, -0.2) is 0 Å². The highest BCUT2D eigenvalue weighted by atomic mass is 16.5. The van der Waals surface area contributed by atoms with E-state index < -0.39 is 0 Å². The number of fused-ring (bicyclic) bond motifs is 4. The average Bonchev–Trinajstić information content (AvgIpc) is 2.87. The van der Waals surface area contributed by atoms with Crippen LogP contribution in [0.1, 0.15) is 18.1 Å². The molecule has 0 amide bonds. The highest BCUT2D eigenvalue weighted by Gasteiger charge is 2.18. The van der Waals surface area contributed by atoms with Crippen molar-refractivity contribution in [2.75, 3.05) is 7.11 Å². The van der Waals surface area contributed by atoms with Crippen molar-refractivity contribution in [3.8, 4) is 0 Å². The molecule has 0 radical (unpaired) electrons. The van der Waals surface area contributed by atoms with Crippen LogP contribution in [-0.2, 0) is 4.74 Å². The van der Waals surface area contributed by atoms with Crippen LogP contribution in [0.15, 0.2) is 109 Å². The number of benzene rings is 6. The zero-order valence-corrected chi connectivity index (χ0v) is 18.8. The molecule has 0 saturated carbocycles. The van der Waals surface area contributed by atoms with Gasteiger partial charge in [0.05, 0.1) is 7.11 Å². The number of hydrogen-bond donors (Lipinski definition) is 0. The van der Waals surface area contributed by atoms with Gasteiger partial charge >= 0.3 is 0 Å². The summed E-state index contributed by atoms with van der Waals surface area (Å²) in [4.78, 5) is 0. The minimum Gasteiger partial charge on any atom is -0.496 e. The van der Waals surface area contributed by atoms with Crippen LogP contribution in [0.5, 0.6) is 0 Å². The van der Waals surface area contributed by atoms with Crippen molar-refractivity contribution >= 4 is 54.4 Å². The van der Waals surface area contributed by atoms with Crippen molar-refractivity contribution in [2.45, 2.75) is 6.92 Å². The van der Waals surface area contributed by atoms with Gasteiger partial charge in [-0.1, -0.05) is 97.1 Å². The molecule has 6 aromatic carbocycles. The number of allylic oxidation sites excluding steroid dienone is 1. The Morgan fingerprint density at radius 3 is 1.18 bits per heavy atom. The zero-order chi connectivity index (χ0) is 22.4. The summed E-state index contributed by atoms with van der Waals surface area (Å²) in [5, 5.41) is 9.81. The normalized spacial score (nSPS) is 12.4. The van der Waals surface area contributed by atoms with Crippen molar-refractivity contribution in [1.82, 2.24) is 0 Å². The van der Waals surface area contributed by atoms with E-state index in [0.717, 1.165) is 16.9 Å². The van der Waals surface area contributed by atoms with Gasteiger partial charge in [0, 0.05) is 11.1 Å². The molecule has 0 saturated heterocycles. The van der Waals surface area contributed by atoms with E-state index in [1.807, 2.05) is 0 Å². The maximum absolute atomic E-state index is 6.25. The largest absolute Gasteiger partial charge is 0.496 e. The summed E-state index contributed by atoms with van der Waals surface area (Å²) in [6.07, 6.45) is 0. The van der Waals surface area contributed by atoms with Crippen LogP contribution in [0, 0.1) is 0 Å². The van der Waals surface area contributed by atoms with Crippen LogP contribution in [0.4, 0.5) is 0 Å². The van der Waals surface area contributed by atoms with Gasteiger partial charge in [0.1, 0.15) is 5.76 Å². The molecule has 0 atom stereocenters. The molecule has 1 nitrogen and oxygen atoms in total. The lowest BCUT2D eigenvalue weighted by Gasteiger charge is -2.19. The number of ether oxygens (including phenoxy) is 1.